The van der Waals surface area contributed by atoms with Gasteiger partial charge >= 0.3 is 0 Å². The minimum absolute atomic E-state index is 0.258. The Kier molecular flexibility index (Phi) is 7.55. The minimum atomic E-state index is -0.486. The molecule has 2 aromatic heterocycles. The molecule has 0 spiro atoms. The fourth-order valence-corrected chi connectivity index (χ4v) is 5.40. The topological polar surface area (TPSA) is 94.1 Å². The number of rotatable bonds is 3. The zero-order valence-electron chi connectivity index (χ0n) is 20.7. The number of anilines is 1. The van der Waals surface area contributed by atoms with Gasteiger partial charge in [0.25, 0.3) is 0 Å². The van der Waals surface area contributed by atoms with Crippen LogP contribution < -0.4 is 5.32 Å². The number of nitrogens with one attached hydrogen (secondary N) is 2. The average molecular weight is 472 g/mol. The second kappa shape index (κ2) is 10.4. The number of aliphatic hydroxyl groups excluding tert-OH is 1. The van der Waals surface area contributed by atoms with Gasteiger partial charge in [-0.25, -0.2) is 4.98 Å². The molecule has 1 saturated carbocycles. The number of hydrogen-bond acceptors (Lipinski definition) is 5. The van der Waals surface area contributed by atoms with Crippen molar-refractivity contribution in [3.63, 3.8) is 0 Å². The molecule has 8 heteroatoms. The third-order valence-electron chi connectivity index (χ3n) is 7.41. The molecule has 1 atom stereocenters. The van der Waals surface area contributed by atoms with Crippen molar-refractivity contribution in [3.8, 4) is 11.3 Å². The molecular weight excluding hydrogens is 433 g/mol. The number of fused-ring (bicyclic) bond motifs is 1. The fourth-order valence-electron chi connectivity index (χ4n) is 5.40. The molecule has 2 fully saturated rings. The molecule has 3 N–H and O–H groups in total. The Hall–Kier alpha value is -2.48. The van der Waals surface area contributed by atoms with Crippen LogP contribution in [0.1, 0.15) is 70.1 Å². The Balaban J connectivity index is 0.000000172. The summed E-state index contributed by atoms with van der Waals surface area (Å²) in [5, 5.41) is 19.8. The number of H-pyrrole nitrogens is 1. The lowest BCUT2D eigenvalue weighted by Gasteiger charge is -2.29. The number of likely N-dealkylation sites (tertiary alicyclic amines) is 1. The van der Waals surface area contributed by atoms with Gasteiger partial charge in [0.2, 0.25) is 11.9 Å². The molecule has 0 aromatic carbocycles. The summed E-state index contributed by atoms with van der Waals surface area (Å²) in [4.78, 5) is 17.6. The van der Waals surface area contributed by atoms with E-state index in [-0.39, 0.29) is 12.0 Å². The van der Waals surface area contributed by atoms with E-state index in [1.54, 1.807) is 7.05 Å². The molecule has 186 valence electrons. The van der Waals surface area contributed by atoms with E-state index in [1.165, 1.54) is 36.6 Å². The molecule has 34 heavy (non-hydrogen) atoms. The molecule has 2 aromatic rings. The summed E-state index contributed by atoms with van der Waals surface area (Å²) in [5.41, 5.74) is 4.33. The summed E-state index contributed by atoms with van der Waals surface area (Å²) < 4.78 is 13.6. The van der Waals surface area contributed by atoms with Crippen molar-refractivity contribution in [2.75, 3.05) is 25.5 Å². The second-order valence-corrected chi connectivity index (χ2v) is 10.7. The van der Waals surface area contributed by atoms with Crippen LogP contribution in [0.15, 0.2) is 12.1 Å². The van der Waals surface area contributed by atoms with E-state index >= 15 is 0 Å². The number of aliphatic hydroxyl groups is 1. The van der Waals surface area contributed by atoms with Crippen LogP contribution in [0.5, 0.6) is 0 Å². The highest BCUT2D eigenvalue weighted by molar-refractivity contribution is 5.79. The van der Waals surface area contributed by atoms with Gasteiger partial charge in [-0.3, -0.25) is 9.89 Å². The van der Waals surface area contributed by atoms with Crippen molar-refractivity contribution in [3.05, 3.63) is 29.3 Å². The van der Waals surface area contributed by atoms with E-state index in [1.807, 2.05) is 11.0 Å². The molecule has 1 saturated heterocycles. The van der Waals surface area contributed by atoms with Crippen molar-refractivity contribution >= 4 is 11.7 Å². The molecule has 7 nitrogen and oxygen atoms in total. The highest BCUT2D eigenvalue weighted by Crippen LogP contribution is 2.38. The summed E-state index contributed by atoms with van der Waals surface area (Å²) in [6, 6.07) is 3.27. The van der Waals surface area contributed by atoms with Crippen LogP contribution in [0.4, 0.5) is 10.2 Å². The van der Waals surface area contributed by atoms with Gasteiger partial charge in [0.1, 0.15) is 5.82 Å². The van der Waals surface area contributed by atoms with E-state index in [9.17, 15) is 14.3 Å². The van der Waals surface area contributed by atoms with Gasteiger partial charge < -0.3 is 15.3 Å². The molecule has 3 aliphatic rings. The van der Waals surface area contributed by atoms with E-state index in [2.05, 4.69) is 34.3 Å². The van der Waals surface area contributed by atoms with Crippen molar-refractivity contribution in [2.45, 2.75) is 77.7 Å². The lowest BCUT2D eigenvalue weighted by molar-refractivity contribution is -0.135. The molecule has 1 unspecified atom stereocenters. The Labute approximate surface area is 201 Å². The van der Waals surface area contributed by atoms with E-state index in [0.29, 0.717) is 23.7 Å². The molecule has 1 aliphatic heterocycles. The molecular formula is C26H38FN5O2. The number of β-amino-alcohol motifs (C(OH)–C–C–N with tert-alkyl or cyclic N) is 1. The average Bonchev–Trinajstić information content (AvgIpc) is 3.44. The fraction of sp³-hybridized carbons (Fsp3) is 0.654. The van der Waals surface area contributed by atoms with Gasteiger partial charge in [-0.15, -0.1) is 0 Å². The van der Waals surface area contributed by atoms with Crippen LogP contribution in [-0.4, -0.2) is 57.3 Å². The second-order valence-electron chi connectivity index (χ2n) is 10.7. The normalized spacial score (nSPS) is 22.0. The molecule has 3 heterocycles. The maximum absolute atomic E-state index is 13.6. The largest absolute Gasteiger partial charge is 0.391 e. The van der Waals surface area contributed by atoms with Gasteiger partial charge in [-0.1, -0.05) is 33.1 Å². The zero-order chi connectivity index (χ0) is 24.3. The van der Waals surface area contributed by atoms with Gasteiger partial charge in [-0.05, 0) is 50.0 Å². The van der Waals surface area contributed by atoms with Gasteiger partial charge in [0.15, 0.2) is 0 Å². The lowest BCUT2D eigenvalue weighted by atomic mass is 9.76. The predicted molar refractivity (Wildman–Crippen MR) is 131 cm³/mol. The maximum atomic E-state index is 13.6. The van der Waals surface area contributed by atoms with Crippen LogP contribution in [0.3, 0.4) is 0 Å². The Morgan fingerprint density at radius 3 is 2.68 bits per heavy atom. The van der Waals surface area contributed by atoms with Crippen LogP contribution in [0.2, 0.25) is 0 Å². The maximum Gasteiger partial charge on any atom is 0.225 e. The Bertz CT molecular complexity index is 992. The molecule has 1 amide bonds. The first-order valence-corrected chi connectivity index (χ1v) is 12.6. The van der Waals surface area contributed by atoms with Crippen molar-refractivity contribution in [1.29, 1.82) is 0 Å². The van der Waals surface area contributed by atoms with Crippen molar-refractivity contribution in [2.24, 2.45) is 11.3 Å². The highest BCUT2D eigenvalue weighted by atomic mass is 19.1. The number of pyridine rings is 1. The molecule has 5 rings (SSSR count). The van der Waals surface area contributed by atoms with Crippen LogP contribution >= 0.6 is 0 Å². The first-order chi connectivity index (χ1) is 16.3. The number of halogens is 1. The number of carbonyl (C=O) groups excluding carboxylic acids is 1. The summed E-state index contributed by atoms with van der Waals surface area (Å²) in [5.74, 6) is 0.586. The van der Waals surface area contributed by atoms with E-state index in [0.717, 1.165) is 56.3 Å². The number of hydrogen-bond donors (Lipinski definition) is 3. The summed E-state index contributed by atoms with van der Waals surface area (Å²) in [6.07, 6.45) is 9.39. The number of nitrogens with zero attached hydrogens (tertiary/aromatic N) is 3. The number of aromatic amines is 1. The molecule has 2 aliphatic carbocycles. The van der Waals surface area contributed by atoms with E-state index in [4.69, 9.17) is 0 Å². The number of carbonyl (C=O) groups is 1. The third-order valence-corrected chi connectivity index (χ3v) is 7.41. The SMILES string of the molecule is CNc1cc(-c2n[nH]c3c2CCC(C)(C)C3)cc(F)n1.O=C(C1CCCCC1)N1CCC(O)C1. The van der Waals surface area contributed by atoms with Crippen molar-refractivity contribution in [1.82, 2.24) is 20.1 Å². The summed E-state index contributed by atoms with van der Waals surface area (Å²) in [6.45, 7) is 5.86. The first kappa shape index (κ1) is 24.6. The summed E-state index contributed by atoms with van der Waals surface area (Å²) in [7, 11) is 1.73. The zero-order valence-corrected chi connectivity index (χ0v) is 20.7. The summed E-state index contributed by atoms with van der Waals surface area (Å²) >= 11 is 0. The Morgan fingerprint density at radius 1 is 1.24 bits per heavy atom. The molecule has 0 bridgehead atoms. The quantitative estimate of drug-likeness (QED) is 0.580. The minimum Gasteiger partial charge on any atom is -0.391 e. The number of amides is 1. The third kappa shape index (κ3) is 5.77. The number of aromatic nitrogens is 3. The molecule has 0 radical (unpaired) electrons. The highest BCUT2D eigenvalue weighted by Gasteiger charge is 2.31. The van der Waals surface area contributed by atoms with Gasteiger partial charge in [-0.2, -0.15) is 9.49 Å². The lowest BCUT2D eigenvalue weighted by Crippen LogP contribution is -2.35. The predicted octanol–water partition coefficient (Wildman–Crippen LogP) is 4.33. The van der Waals surface area contributed by atoms with Crippen LogP contribution in [0, 0.1) is 17.3 Å². The first-order valence-electron chi connectivity index (χ1n) is 12.6. The van der Waals surface area contributed by atoms with Crippen LogP contribution in [0.25, 0.3) is 11.3 Å². The smallest absolute Gasteiger partial charge is 0.225 e. The van der Waals surface area contributed by atoms with Gasteiger partial charge in [0, 0.05) is 48.9 Å². The van der Waals surface area contributed by atoms with Crippen LogP contribution in [-0.2, 0) is 17.6 Å². The van der Waals surface area contributed by atoms with Gasteiger partial charge in [0.05, 0.1) is 11.8 Å². The van der Waals surface area contributed by atoms with Crippen molar-refractivity contribution < 1.29 is 14.3 Å². The Morgan fingerprint density at radius 2 is 2.00 bits per heavy atom. The standard InChI is InChI=1S/C15H19FN4.C11H19NO2/c1-15(2)5-4-10-11(8-15)19-20-14(10)9-6-12(16)18-13(7-9)17-3;13-10-6-7-12(8-10)11(14)9-4-2-1-3-5-9/h6-7H,4-5,8H2,1-3H3,(H,17,18)(H,19,20);9-10,13H,1-8H2. The monoisotopic (exact) mass is 471 g/mol. The van der Waals surface area contributed by atoms with E-state index < -0.39 is 5.95 Å².